The lowest BCUT2D eigenvalue weighted by Crippen LogP contribution is -2.30. The first kappa shape index (κ1) is 11.9. The predicted octanol–water partition coefficient (Wildman–Crippen LogP) is 2.16. The van der Waals surface area contributed by atoms with E-state index in [2.05, 4.69) is 0 Å². The number of primary amides is 1. The molecule has 1 rings (SSSR count). The molecule has 0 spiro atoms. The lowest BCUT2D eigenvalue weighted by atomic mass is 10.1. The van der Waals surface area contributed by atoms with E-state index >= 15 is 0 Å². The number of ether oxygens (including phenoxy) is 1. The van der Waals surface area contributed by atoms with Gasteiger partial charge in [-0.3, -0.25) is 4.79 Å². The lowest BCUT2D eigenvalue weighted by Gasteiger charge is -2.12. The van der Waals surface area contributed by atoms with Crippen molar-refractivity contribution in [1.29, 1.82) is 0 Å². The van der Waals surface area contributed by atoms with Crippen molar-refractivity contribution in [2.75, 3.05) is 0 Å². The van der Waals surface area contributed by atoms with Crippen molar-refractivity contribution in [3.63, 3.8) is 0 Å². The minimum Gasteiger partial charge on any atom is -0.481 e. The van der Waals surface area contributed by atoms with Gasteiger partial charge in [0.25, 0.3) is 5.91 Å². The van der Waals surface area contributed by atoms with Gasteiger partial charge in [-0.25, -0.2) is 0 Å². The van der Waals surface area contributed by atoms with Gasteiger partial charge >= 0.3 is 0 Å². The van der Waals surface area contributed by atoms with Crippen LogP contribution in [0.5, 0.6) is 5.75 Å². The molecule has 0 aliphatic rings. The van der Waals surface area contributed by atoms with Gasteiger partial charge in [0.2, 0.25) is 0 Å². The molecular weight excluding hydrogens is 214 g/mol. The number of benzene rings is 1. The zero-order valence-electron chi connectivity index (χ0n) is 8.79. The van der Waals surface area contributed by atoms with Gasteiger partial charge in [0, 0.05) is 5.02 Å². The van der Waals surface area contributed by atoms with Crippen molar-refractivity contribution in [1.82, 2.24) is 0 Å². The Morgan fingerprint density at radius 2 is 2.27 bits per heavy atom. The van der Waals surface area contributed by atoms with Gasteiger partial charge < -0.3 is 10.5 Å². The van der Waals surface area contributed by atoms with E-state index in [1.54, 1.807) is 19.1 Å². The van der Waals surface area contributed by atoms with Crippen LogP contribution in [-0.4, -0.2) is 12.0 Å². The highest BCUT2D eigenvalue weighted by atomic mass is 35.5. The van der Waals surface area contributed by atoms with Gasteiger partial charge in [0.15, 0.2) is 6.10 Å². The van der Waals surface area contributed by atoms with Gasteiger partial charge in [0.1, 0.15) is 5.75 Å². The van der Waals surface area contributed by atoms with Gasteiger partial charge in [-0.15, -0.1) is 0 Å². The fraction of sp³-hybridized carbons (Fsp3) is 0.364. The molecule has 1 aromatic rings. The largest absolute Gasteiger partial charge is 0.481 e. The molecule has 0 radical (unpaired) electrons. The molecule has 0 bridgehead atoms. The third-order valence-electron chi connectivity index (χ3n) is 2.11. The van der Waals surface area contributed by atoms with Crippen LogP contribution in [-0.2, 0) is 11.2 Å². The second-order valence-corrected chi connectivity index (χ2v) is 3.68. The van der Waals surface area contributed by atoms with Crippen LogP contribution in [0, 0.1) is 0 Å². The van der Waals surface area contributed by atoms with Crippen molar-refractivity contribution < 1.29 is 9.53 Å². The van der Waals surface area contributed by atoms with Gasteiger partial charge in [-0.2, -0.15) is 0 Å². The van der Waals surface area contributed by atoms with Crippen LogP contribution in [0.3, 0.4) is 0 Å². The van der Waals surface area contributed by atoms with Crippen molar-refractivity contribution in [2.45, 2.75) is 26.4 Å². The highest BCUT2D eigenvalue weighted by Gasteiger charge is 2.10. The van der Waals surface area contributed by atoms with Crippen molar-refractivity contribution in [2.24, 2.45) is 5.73 Å². The highest BCUT2D eigenvalue weighted by molar-refractivity contribution is 6.31. The molecule has 3 nitrogen and oxygen atoms in total. The van der Waals surface area contributed by atoms with E-state index in [0.717, 1.165) is 12.0 Å². The predicted molar refractivity (Wildman–Crippen MR) is 60.1 cm³/mol. The molecule has 2 N–H and O–H groups in total. The lowest BCUT2D eigenvalue weighted by molar-refractivity contribution is -0.123. The van der Waals surface area contributed by atoms with Crippen molar-refractivity contribution >= 4 is 17.5 Å². The summed E-state index contributed by atoms with van der Waals surface area (Å²) in [6.07, 6.45) is 0.192. The average molecular weight is 228 g/mol. The summed E-state index contributed by atoms with van der Waals surface area (Å²) in [6.45, 7) is 3.62. The Balaban J connectivity index is 2.83. The Morgan fingerprint density at radius 3 is 2.80 bits per heavy atom. The number of carbonyl (C=O) groups is 1. The standard InChI is InChI=1S/C11H14ClNO2/c1-3-8-6-9(4-5-10(8)12)15-7(2)11(13)14/h4-7H,3H2,1-2H3,(H2,13,14)/t7-/m1/s1. The van der Waals surface area contributed by atoms with E-state index in [4.69, 9.17) is 22.1 Å². The second-order valence-electron chi connectivity index (χ2n) is 3.27. The molecule has 1 amide bonds. The third-order valence-corrected chi connectivity index (χ3v) is 2.48. The molecular formula is C11H14ClNO2. The smallest absolute Gasteiger partial charge is 0.258 e. The molecule has 0 saturated carbocycles. The molecule has 82 valence electrons. The minimum atomic E-state index is -0.629. The summed E-state index contributed by atoms with van der Waals surface area (Å²) in [6, 6.07) is 5.30. The maximum atomic E-state index is 10.8. The number of halogens is 1. The fourth-order valence-corrected chi connectivity index (χ4v) is 1.41. The molecule has 0 heterocycles. The van der Waals surface area contributed by atoms with Crippen molar-refractivity contribution in [3.05, 3.63) is 28.8 Å². The summed E-state index contributed by atoms with van der Waals surface area (Å²) >= 11 is 5.95. The number of amides is 1. The SMILES string of the molecule is CCc1cc(O[C@H](C)C(N)=O)ccc1Cl. The fourth-order valence-electron chi connectivity index (χ4n) is 1.16. The quantitative estimate of drug-likeness (QED) is 0.857. The van der Waals surface area contributed by atoms with Gasteiger partial charge in [0.05, 0.1) is 0 Å². The van der Waals surface area contributed by atoms with Gasteiger partial charge in [-0.1, -0.05) is 18.5 Å². The van der Waals surface area contributed by atoms with E-state index in [0.29, 0.717) is 10.8 Å². The first-order valence-corrected chi connectivity index (χ1v) is 5.16. The number of aryl methyl sites for hydroxylation is 1. The molecule has 1 aromatic carbocycles. The molecule has 1 atom stereocenters. The van der Waals surface area contributed by atoms with E-state index in [1.807, 2.05) is 13.0 Å². The maximum absolute atomic E-state index is 10.8. The van der Waals surface area contributed by atoms with Crippen LogP contribution >= 0.6 is 11.6 Å². The Kier molecular flexibility index (Phi) is 3.97. The number of nitrogens with two attached hydrogens (primary N) is 1. The van der Waals surface area contributed by atoms with Crippen LogP contribution in [0.15, 0.2) is 18.2 Å². The zero-order chi connectivity index (χ0) is 11.4. The molecule has 0 aliphatic carbocycles. The molecule has 0 aliphatic heterocycles. The first-order chi connectivity index (χ1) is 7.04. The maximum Gasteiger partial charge on any atom is 0.258 e. The Bertz CT molecular complexity index is 366. The normalized spacial score (nSPS) is 12.2. The second kappa shape index (κ2) is 5.03. The van der Waals surface area contributed by atoms with E-state index in [9.17, 15) is 4.79 Å². The van der Waals surface area contributed by atoms with Crippen LogP contribution in [0.1, 0.15) is 19.4 Å². The third kappa shape index (κ3) is 3.13. The Labute approximate surface area is 94.2 Å². The zero-order valence-corrected chi connectivity index (χ0v) is 9.54. The summed E-state index contributed by atoms with van der Waals surface area (Å²) in [5, 5.41) is 0.705. The number of rotatable bonds is 4. The summed E-state index contributed by atoms with van der Waals surface area (Å²) in [5.41, 5.74) is 6.09. The minimum absolute atomic E-state index is 0.483. The molecule has 0 aromatic heterocycles. The number of carbonyl (C=O) groups excluding carboxylic acids is 1. The molecule has 0 unspecified atom stereocenters. The topological polar surface area (TPSA) is 52.3 Å². The number of hydrogen-bond donors (Lipinski definition) is 1. The van der Waals surface area contributed by atoms with E-state index in [1.165, 1.54) is 0 Å². The van der Waals surface area contributed by atoms with Crippen molar-refractivity contribution in [3.8, 4) is 5.75 Å². The average Bonchev–Trinajstić information content (AvgIpc) is 2.20. The monoisotopic (exact) mass is 227 g/mol. The van der Waals surface area contributed by atoms with Crippen LogP contribution < -0.4 is 10.5 Å². The van der Waals surface area contributed by atoms with Crippen LogP contribution in [0.2, 0.25) is 5.02 Å². The van der Waals surface area contributed by atoms with Gasteiger partial charge in [-0.05, 0) is 37.1 Å². The summed E-state index contributed by atoms with van der Waals surface area (Å²) < 4.78 is 5.34. The summed E-state index contributed by atoms with van der Waals surface area (Å²) in [5.74, 6) is 0.130. The van der Waals surface area contributed by atoms with E-state index in [-0.39, 0.29) is 0 Å². The summed E-state index contributed by atoms with van der Waals surface area (Å²) in [7, 11) is 0. The Hall–Kier alpha value is -1.22. The number of hydrogen-bond acceptors (Lipinski definition) is 2. The van der Waals surface area contributed by atoms with Crippen LogP contribution in [0.4, 0.5) is 0 Å². The molecule has 0 fully saturated rings. The highest BCUT2D eigenvalue weighted by Crippen LogP contribution is 2.23. The molecule has 15 heavy (non-hydrogen) atoms. The van der Waals surface area contributed by atoms with Crippen LogP contribution in [0.25, 0.3) is 0 Å². The molecule has 4 heteroatoms. The summed E-state index contributed by atoms with van der Waals surface area (Å²) in [4.78, 5) is 10.8. The molecule has 0 saturated heterocycles. The van der Waals surface area contributed by atoms with E-state index < -0.39 is 12.0 Å². The Morgan fingerprint density at radius 1 is 1.60 bits per heavy atom. The first-order valence-electron chi connectivity index (χ1n) is 4.79.